The Kier molecular flexibility index (Phi) is 10.4. The van der Waals surface area contributed by atoms with Crippen LogP contribution in [0.4, 0.5) is 0 Å². The van der Waals surface area contributed by atoms with Gasteiger partial charge in [0.15, 0.2) is 0 Å². The third kappa shape index (κ3) is 6.68. The summed E-state index contributed by atoms with van der Waals surface area (Å²) in [5, 5.41) is 6.96. The Morgan fingerprint density at radius 2 is 1.52 bits per heavy atom. The van der Waals surface area contributed by atoms with E-state index < -0.39 is 0 Å². The molecule has 244 valence electrons. The van der Waals surface area contributed by atoms with Crippen LogP contribution in [0.25, 0.3) is 44.4 Å². The van der Waals surface area contributed by atoms with E-state index in [-0.39, 0.29) is 21.1 Å². The van der Waals surface area contributed by atoms with Crippen molar-refractivity contribution in [3.63, 3.8) is 0 Å². The second kappa shape index (κ2) is 15.0. The number of aromatic nitrogens is 4. The van der Waals surface area contributed by atoms with Crippen LogP contribution in [0.1, 0.15) is 50.7 Å². The summed E-state index contributed by atoms with van der Waals surface area (Å²) in [6.07, 6.45) is 12.7. The molecule has 48 heavy (non-hydrogen) atoms. The number of nitrogens with zero attached hydrogens (tertiary/aromatic N) is 4. The van der Waals surface area contributed by atoms with Crippen LogP contribution in [0.5, 0.6) is 17.2 Å². The molecule has 6 nitrogen and oxygen atoms in total. The maximum Gasteiger partial charge on any atom is 2.00 e. The Labute approximate surface area is 296 Å². The standard InChI is InChI=1S/C41H38N4O2.Pt/c1-4-6-12-29-14-10-15-30(13-7-5-2)41(29)31-27-43-44(28-31)32-16-11-17-34(24-32)47-35-20-21-37-36-18-8-9-19-38(36)45(39(37)25-35)40-26-33(46-3)22-23-42-40;/h8-11,14-23,26-28H,4-7,12-13H2,1-3H3;/q-2;+2. The molecule has 0 radical (unpaired) electrons. The van der Waals surface area contributed by atoms with Gasteiger partial charge in [-0.3, -0.25) is 4.68 Å². The van der Waals surface area contributed by atoms with Crippen molar-refractivity contribution in [1.82, 2.24) is 19.3 Å². The number of ether oxygens (including phenoxy) is 2. The number of rotatable bonds is 12. The van der Waals surface area contributed by atoms with Crippen molar-refractivity contribution in [3.8, 4) is 39.9 Å². The van der Waals surface area contributed by atoms with Gasteiger partial charge in [0.05, 0.1) is 13.3 Å². The van der Waals surface area contributed by atoms with Gasteiger partial charge in [-0.15, -0.1) is 35.7 Å². The number of fused-ring (bicyclic) bond motifs is 3. The largest absolute Gasteiger partial charge is 2.00 e. The summed E-state index contributed by atoms with van der Waals surface area (Å²) in [5.41, 5.74) is 7.98. The van der Waals surface area contributed by atoms with Crippen LogP contribution in [-0.2, 0) is 33.9 Å². The van der Waals surface area contributed by atoms with Crippen LogP contribution in [0.2, 0.25) is 0 Å². The molecule has 7 heteroatoms. The normalized spacial score (nSPS) is 11.1. The molecule has 0 atom stereocenters. The second-order valence-corrected chi connectivity index (χ2v) is 11.8. The molecular weight excluding hydrogens is 776 g/mol. The molecule has 0 aliphatic heterocycles. The summed E-state index contributed by atoms with van der Waals surface area (Å²) in [6.45, 7) is 4.49. The third-order valence-electron chi connectivity index (χ3n) is 8.67. The molecule has 7 aromatic rings. The minimum atomic E-state index is 0. The zero-order valence-corrected chi connectivity index (χ0v) is 29.8. The molecule has 0 fully saturated rings. The third-order valence-corrected chi connectivity index (χ3v) is 8.67. The molecule has 7 rings (SSSR count). The van der Waals surface area contributed by atoms with Crippen molar-refractivity contribution in [3.05, 3.63) is 127 Å². The van der Waals surface area contributed by atoms with Gasteiger partial charge in [0, 0.05) is 41.0 Å². The fourth-order valence-electron chi connectivity index (χ4n) is 6.33. The summed E-state index contributed by atoms with van der Waals surface area (Å²) in [5.74, 6) is 2.66. The summed E-state index contributed by atoms with van der Waals surface area (Å²) in [7, 11) is 1.66. The predicted molar refractivity (Wildman–Crippen MR) is 189 cm³/mol. The first-order chi connectivity index (χ1) is 23.2. The smallest absolute Gasteiger partial charge is 0.509 e. The van der Waals surface area contributed by atoms with E-state index in [4.69, 9.17) is 14.6 Å². The molecule has 0 amide bonds. The minimum Gasteiger partial charge on any atom is -0.509 e. The van der Waals surface area contributed by atoms with E-state index in [1.807, 2.05) is 59.4 Å². The number of methoxy groups -OCH3 is 1. The molecule has 3 aromatic heterocycles. The maximum absolute atomic E-state index is 6.39. The SMILES string of the molecule is CCCCc1cccc(CCCC)c1-c1cnn(-c2[c-]c(Oc3[c-]c4c(cc3)c3ccccc3n4-c3cc(OC)ccn3)ccc2)c1.[Pt+2]. The van der Waals surface area contributed by atoms with Crippen molar-refractivity contribution >= 4 is 21.8 Å². The first kappa shape index (κ1) is 33.2. The van der Waals surface area contributed by atoms with E-state index in [1.54, 1.807) is 13.3 Å². The van der Waals surface area contributed by atoms with Crippen molar-refractivity contribution in [2.75, 3.05) is 7.11 Å². The van der Waals surface area contributed by atoms with E-state index in [1.165, 1.54) is 42.4 Å². The molecular formula is C41H38N4O2Pt. The van der Waals surface area contributed by atoms with Crippen LogP contribution in [0.15, 0.2) is 104 Å². The number of para-hydroxylation sites is 1. The van der Waals surface area contributed by atoms with E-state index in [0.717, 1.165) is 57.5 Å². The molecule has 3 heterocycles. The Morgan fingerprint density at radius 3 is 2.29 bits per heavy atom. The van der Waals surface area contributed by atoms with Crippen LogP contribution >= 0.6 is 0 Å². The number of hydrogen-bond acceptors (Lipinski definition) is 4. The maximum atomic E-state index is 6.39. The second-order valence-electron chi connectivity index (χ2n) is 11.8. The zero-order valence-electron chi connectivity index (χ0n) is 27.5. The summed E-state index contributed by atoms with van der Waals surface area (Å²) in [6, 6.07) is 35.7. The molecule has 0 aliphatic carbocycles. The average Bonchev–Trinajstić information content (AvgIpc) is 3.73. The minimum absolute atomic E-state index is 0. The van der Waals surface area contributed by atoms with Crippen molar-refractivity contribution in [2.24, 2.45) is 0 Å². The fourth-order valence-corrected chi connectivity index (χ4v) is 6.33. The first-order valence-electron chi connectivity index (χ1n) is 16.5. The molecule has 0 unspecified atom stereocenters. The molecule has 0 N–H and O–H groups in total. The van der Waals surface area contributed by atoms with Crippen molar-refractivity contribution in [2.45, 2.75) is 52.4 Å². The van der Waals surface area contributed by atoms with Crippen LogP contribution in [-0.4, -0.2) is 26.4 Å². The van der Waals surface area contributed by atoms with Gasteiger partial charge in [-0.2, -0.15) is 17.2 Å². The monoisotopic (exact) mass is 813 g/mol. The number of hydrogen-bond donors (Lipinski definition) is 0. The van der Waals surface area contributed by atoms with Gasteiger partial charge in [-0.05, 0) is 65.6 Å². The van der Waals surface area contributed by atoms with E-state index in [2.05, 4.69) is 78.1 Å². The number of pyridine rings is 1. The van der Waals surface area contributed by atoms with Crippen LogP contribution in [0, 0.1) is 12.1 Å². The van der Waals surface area contributed by atoms with E-state index in [0.29, 0.717) is 11.5 Å². The van der Waals surface area contributed by atoms with Gasteiger partial charge >= 0.3 is 21.1 Å². The summed E-state index contributed by atoms with van der Waals surface area (Å²) in [4.78, 5) is 4.66. The van der Waals surface area contributed by atoms with E-state index in [9.17, 15) is 0 Å². The van der Waals surface area contributed by atoms with Crippen LogP contribution in [0.3, 0.4) is 0 Å². The number of benzene rings is 4. The topological polar surface area (TPSA) is 54.1 Å². The summed E-state index contributed by atoms with van der Waals surface area (Å²) >= 11 is 0. The molecule has 0 bridgehead atoms. The molecule has 0 spiro atoms. The Balaban J connectivity index is 0.00000401. The fraction of sp³-hybridized carbons (Fsp3) is 0.220. The molecule has 0 saturated carbocycles. The molecule has 4 aromatic carbocycles. The van der Waals surface area contributed by atoms with Crippen molar-refractivity contribution in [1.29, 1.82) is 0 Å². The zero-order chi connectivity index (χ0) is 32.2. The van der Waals surface area contributed by atoms with Gasteiger partial charge in [0.25, 0.3) is 0 Å². The Bertz CT molecular complexity index is 2140. The average molecular weight is 814 g/mol. The van der Waals surface area contributed by atoms with Crippen molar-refractivity contribution < 1.29 is 30.5 Å². The van der Waals surface area contributed by atoms with Gasteiger partial charge in [-0.1, -0.05) is 68.6 Å². The molecule has 0 aliphatic rings. The number of aryl methyl sites for hydroxylation is 2. The Morgan fingerprint density at radius 1 is 0.771 bits per heavy atom. The van der Waals surface area contributed by atoms with Gasteiger partial charge in [0.2, 0.25) is 0 Å². The number of unbranched alkanes of at least 4 members (excludes halogenated alkanes) is 2. The van der Waals surface area contributed by atoms with E-state index >= 15 is 0 Å². The van der Waals surface area contributed by atoms with Crippen LogP contribution < -0.4 is 9.47 Å². The van der Waals surface area contributed by atoms with Gasteiger partial charge in [0.1, 0.15) is 11.6 Å². The summed E-state index contributed by atoms with van der Waals surface area (Å²) < 4.78 is 15.9. The molecule has 0 saturated heterocycles. The van der Waals surface area contributed by atoms with Gasteiger partial charge in [-0.25, -0.2) is 4.98 Å². The van der Waals surface area contributed by atoms with Gasteiger partial charge < -0.3 is 14.0 Å². The Hall–Kier alpha value is -4.67. The predicted octanol–water partition coefficient (Wildman–Crippen LogP) is 10.1. The first-order valence-corrected chi connectivity index (χ1v) is 16.5. The quantitative estimate of drug-likeness (QED) is 0.115.